The van der Waals surface area contributed by atoms with E-state index in [-0.39, 0.29) is 17.7 Å². The molecule has 8 heteroatoms. The van der Waals surface area contributed by atoms with E-state index in [0.29, 0.717) is 23.0 Å². The summed E-state index contributed by atoms with van der Waals surface area (Å²) in [5, 5.41) is 14.1. The molecule has 1 N–H and O–H groups in total. The average molecular weight is 399 g/mol. The van der Waals surface area contributed by atoms with Crippen LogP contribution in [-0.2, 0) is 4.79 Å². The molecule has 27 heavy (non-hydrogen) atoms. The minimum Gasteiger partial charge on any atom is -0.312 e. The van der Waals surface area contributed by atoms with Crippen LogP contribution in [0.5, 0.6) is 0 Å². The van der Waals surface area contributed by atoms with E-state index in [4.69, 9.17) is 0 Å². The lowest BCUT2D eigenvalue weighted by atomic mass is 10.1. The molecule has 1 atom stereocenters. The molecule has 3 heterocycles. The number of anilines is 2. The molecule has 1 aliphatic heterocycles. The normalized spacial score (nSPS) is 16.7. The summed E-state index contributed by atoms with van der Waals surface area (Å²) >= 11 is 2.71. The van der Waals surface area contributed by atoms with Crippen molar-refractivity contribution in [3.8, 4) is 0 Å². The predicted molar refractivity (Wildman–Crippen MR) is 108 cm³/mol. The fraction of sp³-hybridized carbons (Fsp3) is 0.263. The third-order valence-electron chi connectivity index (χ3n) is 4.68. The van der Waals surface area contributed by atoms with Crippen LogP contribution in [-0.4, -0.2) is 28.6 Å². The van der Waals surface area contributed by atoms with Gasteiger partial charge in [-0.15, -0.1) is 21.5 Å². The number of hydrogen-bond donors (Lipinski definition) is 1. The molecule has 6 nitrogen and oxygen atoms in total. The van der Waals surface area contributed by atoms with Gasteiger partial charge in [-0.2, -0.15) is 0 Å². The Kier molecular flexibility index (Phi) is 4.75. The Labute approximate surface area is 164 Å². The predicted octanol–water partition coefficient (Wildman–Crippen LogP) is 3.99. The van der Waals surface area contributed by atoms with E-state index in [9.17, 15) is 9.59 Å². The molecule has 0 unspecified atom stereocenters. The average Bonchev–Trinajstić information content (AvgIpc) is 3.38. The van der Waals surface area contributed by atoms with Gasteiger partial charge in [-0.05, 0) is 48.6 Å². The van der Waals surface area contributed by atoms with Crippen molar-refractivity contribution in [3.63, 3.8) is 0 Å². The van der Waals surface area contributed by atoms with Gasteiger partial charge in [0.25, 0.3) is 5.91 Å². The third-order valence-corrected chi connectivity index (χ3v) is 6.55. The van der Waals surface area contributed by atoms with Gasteiger partial charge in [0, 0.05) is 24.6 Å². The zero-order chi connectivity index (χ0) is 19.0. The van der Waals surface area contributed by atoms with Crippen LogP contribution in [0.2, 0.25) is 0 Å². The summed E-state index contributed by atoms with van der Waals surface area (Å²) < 4.78 is 0. The van der Waals surface area contributed by atoms with Gasteiger partial charge in [-0.3, -0.25) is 14.9 Å². The Hall–Kier alpha value is -2.58. The lowest BCUT2D eigenvalue weighted by Crippen LogP contribution is -2.24. The number of thiophene rings is 1. The van der Waals surface area contributed by atoms with Crippen LogP contribution in [0.15, 0.2) is 35.7 Å². The van der Waals surface area contributed by atoms with Crippen molar-refractivity contribution in [2.45, 2.75) is 26.2 Å². The topological polar surface area (TPSA) is 75.2 Å². The van der Waals surface area contributed by atoms with E-state index in [1.54, 1.807) is 6.07 Å². The minimum absolute atomic E-state index is 0.0102. The van der Waals surface area contributed by atoms with Gasteiger partial charge in [0.1, 0.15) is 5.01 Å². The van der Waals surface area contributed by atoms with Crippen LogP contribution in [0.1, 0.15) is 38.1 Å². The first-order chi connectivity index (χ1) is 13.0. The molecule has 1 fully saturated rings. The number of amides is 2. The van der Waals surface area contributed by atoms with E-state index in [1.165, 1.54) is 33.8 Å². The van der Waals surface area contributed by atoms with Crippen LogP contribution < -0.4 is 10.2 Å². The molecule has 0 bridgehead atoms. The molecule has 0 saturated carbocycles. The Bertz CT molecular complexity index is 997. The molecule has 1 saturated heterocycles. The zero-order valence-electron chi connectivity index (χ0n) is 14.9. The van der Waals surface area contributed by atoms with Gasteiger partial charge < -0.3 is 4.90 Å². The Morgan fingerprint density at radius 2 is 2.07 bits per heavy atom. The summed E-state index contributed by atoms with van der Waals surface area (Å²) in [7, 11) is 0. The van der Waals surface area contributed by atoms with Gasteiger partial charge in [0.05, 0.1) is 4.88 Å². The van der Waals surface area contributed by atoms with Gasteiger partial charge in [0.2, 0.25) is 11.0 Å². The number of hydrogen-bond acceptors (Lipinski definition) is 6. The fourth-order valence-corrected chi connectivity index (χ4v) is 4.48. The van der Waals surface area contributed by atoms with Crippen LogP contribution >= 0.6 is 22.7 Å². The molecule has 0 aliphatic carbocycles. The number of nitrogens with zero attached hydrogens (tertiary/aromatic N) is 3. The van der Waals surface area contributed by atoms with Gasteiger partial charge in [-0.1, -0.05) is 23.5 Å². The van der Waals surface area contributed by atoms with Crippen molar-refractivity contribution >= 4 is 45.3 Å². The van der Waals surface area contributed by atoms with E-state index in [1.807, 2.05) is 41.5 Å². The maximum atomic E-state index is 12.5. The number of rotatable bonds is 4. The first-order valence-corrected chi connectivity index (χ1v) is 10.3. The molecule has 2 aromatic heterocycles. The Balaban J connectivity index is 1.47. The monoisotopic (exact) mass is 398 g/mol. The maximum absolute atomic E-state index is 12.5. The third kappa shape index (κ3) is 3.63. The molecule has 1 aliphatic rings. The maximum Gasteiger partial charge on any atom is 0.267 e. The Morgan fingerprint density at radius 1 is 1.22 bits per heavy atom. The van der Waals surface area contributed by atoms with E-state index < -0.39 is 0 Å². The second-order valence-corrected chi connectivity index (χ2v) is 8.51. The molecule has 138 valence electrons. The summed E-state index contributed by atoms with van der Waals surface area (Å²) in [4.78, 5) is 27.1. The second kappa shape index (κ2) is 7.21. The Morgan fingerprint density at radius 3 is 2.81 bits per heavy atom. The summed E-state index contributed by atoms with van der Waals surface area (Å²) in [5.74, 6) is -0.112. The number of aryl methyl sites for hydroxylation is 2. The SMILES string of the molecule is Cc1ccc(N2C[C@@H](c3nnc(NC(=O)c4cccs4)s3)CC2=O)cc1C. The summed E-state index contributed by atoms with van der Waals surface area (Å²) in [5.41, 5.74) is 3.29. The lowest BCUT2D eigenvalue weighted by molar-refractivity contribution is -0.117. The van der Waals surface area contributed by atoms with Crippen LogP contribution in [0.4, 0.5) is 10.8 Å². The molecule has 4 rings (SSSR count). The van der Waals surface area contributed by atoms with Crippen molar-refractivity contribution < 1.29 is 9.59 Å². The number of benzene rings is 1. The highest BCUT2D eigenvalue weighted by molar-refractivity contribution is 7.15. The van der Waals surface area contributed by atoms with Crippen molar-refractivity contribution in [1.29, 1.82) is 0 Å². The zero-order valence-corrected chi connectivity index (χ0v) is 16.6. The first kappa shape index (κ1) is 17.8. The molecule has 0 spiro atoms. The minimum atomic E-state index is -0.188. The van der Waals surface area contributed by atoms with E-state index in [2.05, 4.69) is 22.4 Å². The van der Waals surface area contributed by atoms with Crippen molar-refractivity contribution in [2.75, 3.05) is 16.8 Å². The fourth-order valence-electron chi connectivity index (χ4n) is 3.03. The highest BCUT2D eigenvalue weighted by Crippen LogP contribution is 2.34. The number of carbonyl (C=O) groups is 2. The molecule has 0 radical (unpaired) electrons. The quantitative estimate of drug-likeness (QED) is 0.721. The smallest absolute Gasteiger partial charge is 0.267 e. The van der Waals surface area contributed by atoms with Gasteiger partial charge in [0.15, 0.2) is 0 Å². The first-order valence-electron chi connectivity index (χ1n) is 8.57. The lowest BCUT2D eigenvalue weighted by Gasteiger charge is -2.17. The van der Waals surface area contributed by atoms with Crippen LogP contribution in [0, 0.1) is 13.8 Å². The van der Waals surface area contributed by atoms with Crippen molar-refractivity contribution in [3.05, 3.63) is 56.7 Å². The summed E-state index contributed by atoms with van der Waals surface area (Å²) in [6.07, 6.45) is 0.403. The van der Waals surface area contributed by atoms with Gasteiger partial charge >= 0.3 is 0 Å². The summed E-state index contributed by atoms with van der Waals surface area (Å²) in [6.45, 7) is 4.68. The van der Waals surface area contributed by atoms with Gasteiger partial charge in [-0.25, -0.2) is 0 Å². The highest BCUT2D eigenvalue weighted by atomic mass is 32.1. The molecular weight excluding hydrogens is 380 g/mol. The standard InChI is InChI=1S/C19H18N4O2S2/c1-11-5-6-14(8-12(11)2)23-10-13(9-16(23)24)18-21-22-19(27-18)20-17(25)15-4-3-7-26-15/h3-8,13H,9-10H2,1-2H3,(H,20,22,25)/t13-/m0/s1. The molecule has 2 amide bonds. The van der Waals surface area contributed by atoms with Crippen molar-refractivity contribution in [1.82, 2.24) is 10.2 Å². The number of nitrogens with one attached hydrogen (secondary N) is 1. The van der Waals surface area contributed by atoms with E-state index in [0.717, 1.165) is 10.7 Å². The van der Waals surface area contributed by atoms with E-state index >= 15 is 0 Å². The highest BCUT2D eigenvalue weighted by Gasteiger charge is 2.34. The molecule has 3 aromatic rings. The van der Waals surface area contributed by atoms with Crippen molar-refractivity contribution in [2.24, 2.45) is 0 Å². The molecule has 1 aromatic carbocycles. The van der Waals surface area contributed by atoms with Crippen LogP contribution in [0.3, 0.4) is 0 Å². The summed E-state index contributed by atoms with van der Waals surface area (Å²) in [6, 6.07) is 9.65. The number of carbonyl (C=O) groups excluding carboxylic acids is 2. The molecular formula is C19H18N4O2S2. The number of aromatic nitrogens is 2. The largest absolute Gasteiger partial charge is 0.312 e. The second-order valence-electron chi connectivity index (χ2n) is 6.55. The van der Waals surface area contributed by atoms with Crippen LogP contribution in [0.25, 0.3) is 0 Å².